The molecule has 2 aromatic heterocycles. The molecule has 2 aliphatic rings. The van der Waals surface area contributed by atoms with Crippen LogP contribution in [0.1, 0.15) is 49.5 Å². The van der Waals surface area contributed by atoms with Gasteiger partial charge in [-0.3, -0.25) is 4.79 Å². The zero-order valence-electron chi connectivity index (χ0n) is 19.7. The van der Waals surface area contributed by atoms with Crippen LogP contribution in [0.3, 0.4) is 0 Å². The Morgan fingerprint density at radius 2 is 1.94 bits per heavy atom. The van der Waals surface area contributed by atoms with E-state index >= 15 is 0 Å². The number of carbonyl (C=O) groups is 1. The van der Waals surface area contributed by atoms with E-state index in [1.54, 1.807) is 0 Å². The van der Waals surface area contributed by atoms with E-state index in [0.29, 0.717) is 11.7 Å². The fourth-order valence-corrected chi connectivity index (χ4v) is 5.54. The molecule has 1 fully saturated rings. The van der Waals surface area contributed by atoms with E-state index in [1.807, 2.05) is 13.0 Å². The molecule has 1 unspecified atom stereocenters. The first-order valence-electron chi connectivity index (χ1n) is 12.2. The highest BCUT2D eigenvalue weighted by molar-refractivity contribution is 6.01. The highest BCUT2D eigenvalue weighted by atomic mass is 16.5. The van der Waals surface area contributed by atoms with E-state index < -0.39 is 0 Å². The average Bonchev–Trinajstić information content (AvgIpc) is 3.23. The van der Waals surface area contributed by atoms with E-state index in [1.165, 1.54) is 17.5 Å². The van der Waals surface area contributed by atoms with E-state index in [0.717, 1.165) is 53.6 Å². The molecule has 0 bridgehead atoms. The molecule has 4 N–H and O–H groups in total. The molecule has 1 aliphatic carbocycles. The van der Waals surface area contributed by atoms with Crippen LogP contribution in [-0.4, -0.2) is 20.4 Å². The van der Waals surface area contributed by atoms with Crippen molar-refractivity contribution in [2.24, 2.45) is 17.6 Å². The minimum atomic E-state index is -0.235. The second-order valence-electron chi connectivity index (χ2n) is 9.86. The van der Waals surface area contributed by atoms with E-state index in [2.05, 4.69) is 63.2 Å². The molecule has 7 nitrogen and oxygen atoms in total. The molecule has 1 saturated carbocycles. The minimum Gasteiger partial charge on any atom is -0.485 e. The average molecular weight is 468 g/mol. The zero-order valence-corrected chi connectivity index (χ0v) is 19.7. The van der Waals surface area contributed by atoms with Crippen LogP contribution in [0.2, 0.25) is 0 Å². The van der Waals surface area contributed by atoms with Gasteiger partial charge in [0.1, 0.15) is 29.6 Å². The van der Waals surface area contributed by atoms with Gasteiger partial charge in [0.15, 0.2) is 0 Å². The van der Waals surface area contributed by atoms with Crippen LogP contribution in [0.15, 0.2) is 61.1 Å². The van der Waals surface area contributed by atoms with Gasteiger partial charge in [-0.25, -0.2) is 9.97 Å². The van der Waals surface area contributed by atoms with Gasteiger partial charge in [0.2, 0.25) is 5.91 Å². The van der Waals surface area contributed by atoms with Gasteiger partial charge in [0, 0.05) is 23.7 Å². The SMILES string of the molecule is C[C@H](C(N)=O)C1CC(n2cc(-c3ccc4c(c3)OC(c3ccccc3)CC4)c3c(N)ncnc32)C1. The summed E-state index contributed by atoms with van der Waals surface area (Å²) in [5.41, 5.74) is 17.2. The molecule has 3 heterocycles. The number of nitrogens with zero attached hydrogens (tertiary/aromatic N) is 3. The number of aromatic nitrogens is 3. The highest BCUT2D eigenvalue weighted by Gasteiger charge is 2.37. The quantitative estimate of drug-likeness (QED) is 0.437. The normalized spacial score (nSPS) is 22.1. The number of primary amides is 1. The molecule has 0 saturated heterocycles. The van der Waals surface area contributed by atoms with Crippen LogP contribution in [0.4, 0.5) is 5.82 Å². The van der Waals surface area contributed by atoms with Crippen molar-refractivity contribution in [1.29, 1.82) is 0 Å². The molecule has 0 radical (unpaired) electrons. The predicted octanol–water partition coefficient (Wildman–Crippen LogP) is 4.82. The van der Waals surface area contributed by atoms with Gasteiger partial charge in [-0.2, -0.15) is 0 Å². The summed E-state index contributed by atoms with van der Waals surface area (Å²) in [6.45, 7) is 1.92. The molecule has 1 amide bonds. The van der Waals surface area contributed by atoms with E-state index in [4.69, 9.17) is 16.2 Å². The molecule has 35 heavy (non-hydrogen) atoms. The maximum absolute atomic E-state index is 11.6. The number of fused-ring (bicyclic) bond motifs is 2. The standard InChI is InChI=1S/C28H29N5O2/c1-16(27(30)34)20-11-21(12-20)33-14-22(25-26(29)31-15-32-28(25)33)19-8-7-18-9-10-23(35-24(18)13-19)17-5-3-2-4-6-17/h2-8,13-16,20-21,23H,9-12H2,1H3,(H2,30,34)(H2,29,31,32)/t16-,20?,21?,23?/m0/s1. The first kappa shape index (κ1) is 21.6. The van der Waals surface area contributed by atoms with Crippen molar-refractivity contribution in [3.05, 3.63) is 72.2 Å². The number of hydrogen-bond acceptors (Lipinski definition) is 5. The fourth-order valence-electron chi connectivity index (χ4n) is 5.54. The van der Waals surface area contributed by atoms with Crippen LogP contribution in [0.5, 0.6) is 5.75 Å². The number of ether oxygens (including phenoxy) is 1. The smallest absolute Gasteiger partial charge is 0.220 e. The number of rotatable bonds is 5. The van der Waals surface area contributed by atoms with Crippen LogP contribution in [0, 0.1) is 11.8 Å². The van der Waals surface area contributed by atoms with Gasteiger partial charge >= 0.3 is 0 Å². The Labute approximate surface area is 204 Å². The summed E-state index contributed by atoms with van der Waals surface area (Å²) in [7, 11) is 0. The molecule has 6 rings (SSSR count). The third-order valence-electron chi connectivity index (χ3n) is 7.83. The Bertz CT molecular complexity index is 1410. The van der Waals surface area contributed by atoms with Crippen LogP contribution < -0.4 is 16.2 Å². The Balaban J connectivity index is 1.35. The molecule has 2 aromatic carbocycles. The van der Waals surface area contributed by atoms with Gasteiger partial charge in [-0.1, -0.05) is 49.4 Å². The summed E-state index contributed by atoms with van der Waals surface area (Å²) in [5, 5.41) is 0.856. The van der Waals surface area contributed by atoms with Gasteiger partial charge in [0.05, 0.1) is 5.39 Å². The molecule has 2 atom stereocenters. The van der Waals surface area contributed by atoms with Gasteiger partial charge < -0.3 is 20.8 Å². The second kappa shape index (κ2) is 8.41. The van der Waals surface area contributed by atoms with Crippen LogP contribution in [-0.2, 0) is 11.2 Å². The molecule has 0 spiro atoms. The third-order valence-corrected chi connectivity index (χ3v) is 7.83. The van der Waals surface area contributed by atoms with Gasteiger partial charge in [-0.15, -0.1) is 0 Å². The Morgan fingerprint density at radius 1 is 1.14 bits per heavy atom. The number of nitrogens with two attached hydrogens (primary N) is 2. The van der Waals surface area contributed by atoms with E-state index in [-0.39, 0.29) is 24.0 Å². The number of aryl methyl sites for hydroxylation is 1. The topological polar surface area (TPSA) is 109 Å². The Morgan fingerprint density at radius 3 is 2.71 bits per heavy atom. The van der Waals surface area contributed by atoms with Gasteiger partial charge in [0.25, 0.3) is 0 Å². The van der Waals surface area contributed by atoms with Crippen LogP contribution >= 0.6 is 0 Å². The second-order valence-corrected chi connectivity index (χ2v) is 9.86. The summed E-state index contributed by atoms with van der Waals surface area (Å²) in [4.78, 5) is 20.5. The lowest BCUT2D eigenvalue weighted by Crippen LogP contribution is -2.37. The lowest BCUT2D eigenvalue weighted by Gasteiger charge is -2.39. The molecule has 178 valence electrons. The monoisotopic (exact) mass is 467 g/mol. The molecule has 4 aromatic rings. The molecular formula is C28H29N5O2. The maximum Gasteiger partial charge on any atom is 0.220 e. The fraction of sp³-hybridized carbons (Fsp3) is 0.321. The summed E-state index contributed by atoms with van der Waals surface area (Å²) < 4.78 is 8.65. The lowest BCUT2D eigenvalue weighted by molar-refractivity contribution is -0.124. The van der Waals surface area contributed by atoms with Crippen molar-refractivity contribution in [3.63, 3.8) is 0 Å². The van der Waals surface area contributed by atoms with Crippen LogP contribution in [0.25, 0.3) is 22.2 Å². The van der Waals surface area contributed by atoms with Crippen molar-refractivity contribution < 1.29 is 9.53 Å². The predicted molar refractivity (Wildman–Crippen MR) is 136 cm³/mol. The summed E-state index contributed by atoms with van der Waals surface area (Å²) in [6, 6.07) is 17.0. The van der Waals surface area contributed by atoms with Crippen molar-refractivity contribution in [1.82, 2.24) is 14.5 Å². The maximum atomic E-state index is 11.6. The first-order valence-corrected chi connectivity index (χ1v) is 12.2. The largest absolute Gasteiger partial charge is 0.485 e. The van der Waals surface area contributed by atoms with Crippen molar-refractivity contribution in [2.75, 3.05) is 5.73 Å². The van der Waals surface area contributed by atoms with Crippen molar-refractivity contribution in [2.45, 2.75) is 44.8 Å². The number of nitrogen functional groups attached to an aromatic ring is 1. The summed E-state index contributed by atoms with van der Waals surface area (Å²) >= 11 is 0. The summed E-state index contributed by atoms with van der Waals surface area (Å²) in [5.74, 6) is 1.32. The first-order chi connectivity index (χ1) is 17.0. The van der Waals surface area contributed by atoms with Crippen molar-refractivity contribution >= 4 is 22.8 Å². The zero-order chi connectivity index (χ0) is 24.1. The molecular weight excluding hydrogens is 438 g/mol. The number of hydrogen-bond donors (Lipinski definition) is 2. The summed E-state index contributed by atoms with van der Waals surface area (Å²) in [6.07, 6.45) is 7.41. The number of anilines is 1. The lowest BCUT2D eigenvalue weighted by atomic mass is 9.72. The van der Waals surface area contributed by atoms with Gasteiger partial charge in [-0.05, 0) is 54.4 Å². The number of amides is 1. The third kappa shape index (κ3) is 3.71. The minimum absolute atomic E-state index is 0.0489. The Hall–Kier alpha value is -3.87. The number of benzene rings is 2. The molecule has 1 aliphatic heterocycles. The van der Waals surface area contributed by atoms with E-state index in [9.17, 15) is 4.79 Å². The highest BCUT2D eigenvalue weighted by Crippen LogP contribution is 2.46. The molecule has 7 heteroatoms. The van der Waals surface area contributed by atoms with Crippen molar-refractivity contribution in [3.8, 4) is 16.9 Å². The Kier molecular flexibility index (Phi) is 5.20. The number of carbonyl (C=O) groups excluding carboxylic acids is 1.